The Hall–Kier alpha value is -3.35. The molecular weight excluding hydrogens is 376 g/mol. The van der Waals surface area contributed by atoms with Crippen molar-refractivity contribution in [3.63, 3.8) is 0 Å². The Morgan fingerprint density at radius 2 is 1.93 bits per heavy atom. The molecule has 1 amide bonds. The Morgan fingerprint density at radius 3 is 2.67 bits per heavy atom. The molecule has 0 saturated heterocycles. The molecule has 2 atom stereocenters. The topological polar surface area (TPSA) is 98.3 Å². The fraction of sp³-hybridized carbons (Fsp3) is 0.348. The molecule has 0 aliphatic carbocycles. The van der Waals surface area contributed by atoms with Crippen molar-refractivity contribution in [3.8, 4) is 0 Å². The van der Waals surface area contributed by atoms with Crippen molar-refractivity contribution in [2.45, 2.75) is 51.2 Å². The predicted molar refractivity (Wildman–Crippen MR) is 117 cm³/mol. The molecule has 0 unspecified atom stereocenters. The molecule has 7 nitrogen and oxygen atoms in total. The van der Waals surface area contributed by atoms with Gasteiger partial charge in [-0.05, 0) is 56.9 Å². The van der Waals surface area contributed by atoms with Gasteiger partial charge in [0.25, 0.3) is 0 Å². The number of fused-ring (bicyclic) bond motifs is 1. The number of nitrogens with one attached hydrogen (secondary N) is 4. The number of nitrogens with zero attached hydrogens (tertiary/aromatic N) is 1. The highest BCUT2D eigenvalue weighted by Crippen LogP contribution is 2.50. The van der Waals surface area contributed by atoms with Gasteiger partial charge < -0.3 is 0 Å². The van der Waals surface area contributed by atoms with Crippen molar-refractivity contribution in [1.29, 1.82) is 0 Å². The van der Waals surface area contributed by atoms with Crippen molar-refractivity contribution in [1.82, 2.24) is 5.32 Å². The fourth-order valence-electron chi connectivity index (χ4n) is 5.22. The molecular formula is C23H28N6O+2. The van der Waals surface area contributed by atoms with E-state index >= 15 is 0 Å². The molecule has 0 bridgehead atoms. The molecule has 5 rings (SSSR count). The number of carbonyl (C=O) groups is 1. The lowest BCUT2D eigenvalue weighted by Gasteiger charge is -2.43. The van der Waals surface area contributed by atoms with E-state index in [0.717, 1.165) is 28.9 Å². The van der Waals surface area contributed by atoms with Crippen LogP contribution in [0.25, 0.3) is 0 Å². The van der Waals surface area contributed by atoms with Crippen LogP contribution >= 0.6 is 0 Å². The number of rotatable bonds is 1. The molecule has 2 aromatic carbocycles. The summed E-state index contributed by atoms with van der Waals surface area (Å²) < 4.78 is 0. The normalized spacial score (nSPS) is 26.1. The Kier molecular flexibility index (Phi) is 3.78. The summed E-state index contributed by atoms with van der Waals surface area (Å²) in [5.74, 6) is 1.20. The second-order valence-electron chi connectivity index (χ2n) is 9.21. The highest BCUT2D eigenvalue weighted by atomic mass is 16.2. The van der Waals surface area contributed by atoms with E-state index in [-0.39, 0.29) is 11.4 Å². The van der Waals surface area contributed by atoms with E-state index in [9.17, 15) is 4.79 Å². The van der Waals surface area contributed by atoms with Gasteiger partial charge in [-0.1, -0.05) is 36.8 Å². The number of anilines is 2. The third kappa shape index (κ3) is 2.54. The zero-order chi connectivity index (χ0) is 21.3. The van der Waals surface area contributed by atoms with Gasteiger partial charge in [-0.15, -0.1) is 0 Å². The molecule has 30 heavy (non-hydrogen) atoms. The average Bonchev–Trinajstić information content (AvgIpc) is 2.89. The molecule has 0 radical (unpaired) electrons. The summed E-state index contributed by atoms with van der Waals surface area (Å²) in [6.45, 7) is 8.58. The average molecular weight is 405 g/mol. The number of nitrogens with two attached hydrogens (primary N) is 1. The summed E-state index contributed by atoms with van der Waals surface area (Å²) in [7, 11) is 0. The van der Waals surface area contributed by atoms with Gasteiger partial charge in [0.15, 0.2) is 0 Å². The molecule has 3 aliphatic heterocycles. The molecule has 7 heteroatoms. The third-order valence-electron chi connectivity index (χ3n) is 6.31. The first kappa shape index (κ1) is 18.7. The SMILES string of the molecule is Cc1cc2c3c(c1)[C@@]1([NH+]=C(N)NC(Nc4ccccc4)=[NH+]1)C(=O)N3C(C)(C)C[C@H]2C. The highest BCUT2D eigenvalue weighted by Gasteiger charge is 2.61. The first-order valence-electron chi connectivity index (χ1n) is 10.4. The molecule has 0 aromatic heterocycles. The van der Waals surface area contributed by atoms with Gasteiger partial charge in [-0.2, -0.15) is 5.32 Å². The summed E-state index contributed by atoms with van der Waals surface area (Å²) in [5, 5.41) is 6.39. The number of hydrogen-bond acceptors (Lipinski definition) is 4. The van der Waals surface area contributed by atoms with E-state index in [1.807, 2.05) is 35.2 Å². The van der Waals surface area contributed by atoms with Gasteiger partial charge in [0, 0.05) is 5.54 Å². The molecule has 1 spiro atoms. The van der Waals surface area contributed by atoms with Crippen molar-refractivity contribution < 1.29 is 14.8 Å². The zero-order valence-corrected chi connectivity index (χ0v) is 17.8. The van der Waals surface area contributed by atoms with Gasteiger partial charge in [0.05, 0.1) is 16.9 Å². The maximum atomic E-state index is 14.0. The predicted octanol–water partition coefficient (Wildman–Crippen LogP) is -0.673. The number of benzene rings is 2. The second-order valence-corrected chi connectivity index (χ2v) is 9.21. The lowest BCUT2D eigenvalue weighted by atomic mass is 9.79. The Morgan fingerprint density at radius 1 is 1.20 bits per heavy atom. The smallest absolute Gasteiger partial charge is 0.299 e. The van der Waals surface area contributed by atoms with Crippen molar-refractivity contribution in [2.24, 2.45) is 5.73 Å². The van der Waals surface area contributed by atoms with Crippen LogP contribution in [0.1, 0.15) is 49.8 Å². The van der Waals surface area contributed by atoms with E-state index < -0.39 is 5.66 Å². The van der Waals surface area contributed by atoms with E-state index in [1.54, 1.807) is 0 Å². The van der Waals surface area contributed by atoms with E-state index in [4.69, 9.17) is 5.73 Å². The third-order valence-corrected chi connectivity index (χ3v) is 6.31. The summed E-state index contributed by atoms with van der Waals surface area (Å²) >= 11 is 0. The van der Waals surface area contributed by atoms with Crippen molar-refractivity contribution in [3.05, 3.63) is 59.2 Å². The molecule has 154 valence electrons. The summed E-state index contributed by atoms with van der Waals surface area (Å²) in [6, 6.07) is 14.1. The first-order valence-corrected chi connectivity index (χ1v) is 10.4. The fourth-order valence-corrected chi connectivity index (χ4v) is 5.22. The largest absolute Gasteiger partial charge is 0.361 e. The number of guanidine groups is 2. The monoisotopic (exact) mass is 404 g/mol. The van der Waals surface area contributed by atoms with Crippen LogP contribution in [0.5, 0.6) is 0 Å². The number of para-hydroxylation sites is 1. The summed E-state index contributed by atoms with van der Waals surface area (Å²) in [6.07, 6.45) is 0.904. The number of carbonyl (C=O) groups excluding carboxylic acids is 1. The van der Waals surface area contributed by atoms with Crippen molar-refractivity contribution >= 4 is 29.2 Å². The van der Waals surface area contributed by atoms with Crippen LogP contribution in [0.3, 0.4) is 0 Å². The van der Waals surface area contributed by atoms with Crippen molar-refractivity contribution in [2.75, 3.05) is 10.2 Å². The van der Waals surface area contributed by atoms with Gasteiger partial charge in [-0.25, -0.2) is 15.3 Å². The molecule has 2 aromatic rings. The summed E-state index contributed by atoms with van der Waals surface area (Å²) in [4.78, 5) is 22.6. The molecule has 6 N–H and O–H groups in total. The number of hydrogen-bond donors (Lipinski definition) is 5. The lowest BCUT2D eigenvalue weighted by Crippen LogP contribution is -3.14. The highest BCUT2D eigenvalue weighted by molar-refractivity contribution is 6.10. The van der Waals surface area contributed by atoms with E-state index in [2.05, 4.69) is 60.4 Å². The molecule has 0 saturated carbocycles. The standard InChI is InChI=1S/C23H26N6O/c1-13-10-16-14(2)12-22(3,4)29-18(16)17(11-13)23(19(29)30)27-20(24)26-21(28-23)25-15-8-6-5-7-9-15/h5-11,14H,12H2,1-4H3,(H4,24,25,26,27,28)/p+2/t14-,23+/m1/s1. The Labute approximate surface area is 176 Å². The van der Waals surface area contributed by atoms with Crippen LogP contribution in [-0.2, 0) is 10.5 Å². The molecule has 3 aliphatic rings. The minimum absolute atomic E-state index is 0.0435. The van der Waals surface area contributed by atoms with Gasteiger partial charge in [0.2, 0.25) is 0 Å². The van der Waals surface area contributed by atoms with Crippen LogP contribution in [0, 0.1) is 6.92 Å². The maximum Gasteiger partial charge on any atom is 0.361 e. The van der Waals surface area contributed by atoms with Crippen LogP contribution < -0.4 is 31.3 Å². The van der Waals surface area contributed by atoms with Crippen LogP contribution in [0.4, 0.5) is 11.4 Å². The molecule has 3 heterocycles. The Balaban J connectivity index is 1.72. The Bertz CT molecular complexity index is 1120. The van der Waals surface area contributed by atoms with Gasteiger partial charge in [0.1, 0.15) is 0 Å². The van der Waals surface area contributed by atoms with Gasteiger partial charge in [-0.3, -0.25) is 15.4 Å². The number of amides is 1. The van der Waals surface area contributed by atoms with E-state index in [0.29, 0.717) is 17.8 Å². The first-order chi connectivity index (χ1) is 14.2. The maximum absolute atomic E-state index is 14.0. The lowest BCUT2D eigenvalue weighted by molar-refractivity contribution is -0.789. The van der Waals surface area contributed by atoms with Crippen LogP contribution in [0.2, 0.25) is 0 Å². The van der Waals surface area contributed by atoms with E-state index in [1.165, 1.54) is 5.56 Å². The van der Waals surface area contributed by atoms with Gasteiger partial charge >= 0.3 is 23.5 Å². The number of aryl methyl sites for hydroxylation is 1. The second kappa shape index (κ2) is 6.08. The zero-order valence-electron chi connectivity index (χ0n) is 17.8. The minimum Gasteiger partial charge on any atom is -0.299 e. The molecule has 0 fully saturated rings. The quantitative estimate of drug-likeness (QED) is 0.435. The minimum atomic E-state index is -1.16. The summed E-state index contributed by atoms with van der Waals surface area (Å²) in [5.41, 5.74) is 9.94. The van der Waals surface area contributed by atoms with Crippen LogP contribution in [-0.4, -0.2) is 23.4 Å². The van der Waals surface area contributed by atoms with Crippen LogP contribution in [0.15, 0.2) is 42.5 Å².